The van der Waals surface area contributed by atoms with Crippen molar-refractivity contribution in [1.82, 2.24) is 40.1 Å². The number of anilines is 1. The molecule has 1 saturated heterocycles. The second-order valence-corrected chi connectivity index (χ2v) is 19.3. The zero-order chi connectivity index (χ0) is 53.6. The lowest BCUT2D eigenvalue weighted by molar-refractivity contribution is -0.136. The lowest BCUT2D eigenvalue weighted by Crippen LogP contribution is -2.33. The maximum Gasteiger partial charge on any atom is 0.313 e. The Labute approximate surface area is 438 Å². The first-order chi connectivity index (χ1) is 36.4. The Bertz CT molecular complexity index is 2260. The summed E-state index contributed by atoms with van der Waals surface area (Å²) in [6.07, 6.45) is 4.36. The standard InChI is InChI=1S/C44H65ClF3N9O16P2/c1-2-32(51-42-35-26-50-57(43(35)53-44(45)52-42)39-4-3-34(72-39)29-71-75(62)30-74(60)61)25-38(58)49-6-9-64-12-15-67-19-20-69-21-22-70-28-33-27-56(55-54-33)7-10-65-13-16-68-18-17-66-14-11-63-8-5-40(59)73-41-36(47)23-31(46)24-37(41)48/h23-24,26-27,32,34,39,60-62H,2-22,25,28-30H2,1H3,(H,49,58)(H,51,52,53). The molecule has 5 N–H and O–H groups in total. The van der Waals surface area contributed by atoms with E-state index in [1.165, 1.54) is 0 Å². The number of nitrogens with zero attached hydrogens (tertiary/aromatic N) is 7. The zero-order valence-electron chi connectivity index (χ0n) is 41.4. The smallest absolute Gasteiger partial charge is 0.313 e. The zero-order valence-corrected chi connectivity index (χ0v) is 43.9. The molecule has 31 heteroatoms. The van der Waals surface area contributed by atoms with Gasteiger partial charge in [-0.15, -0.1) is 5.10 Å². The van der Waals surface area contributed by atoms with Gasteiger partial charge in [0, 0.05) is 31.1 Å². The average Bonchev–Trinajstić information content (AvgIpc) is 4.15. The van der Waals surface area contributed by atoms with Crippen molar-refractivity contribution < 1.29 is 89.3 Å². The maximum atomic E-state index is 13.6. The van der Waals surface area contributed by atoms with Gasteiger partial charge in [0.25, 0.3) is 0 Å². The van der Waals surface area contributed by atoms with Gasteiger partial charge in [0.1, 0.15) is 17.3 Å². The van der Waals surface area contributed by atoms with Crippen LogP contribution in [-0.2, 0) is 69.9 Å². The van der Waals surface area contributed by atoms with Gasteiger partial charge in [-0.25, -0.2) is 22.5 Å². The van der Waals surface area contributed by atoms with E-state index in [9.17, 15) is 27.7 Å². The maximum absolute atomic E-state index is 13.6. The summed E-state index contributed by atoms with van der Waals surface area (Å²) >= 11 is 6.31. The van der Waals surface area contributed by atoms with Crippen molar-refractivity contribution in [2.45, 2.75) is 70.6 Å². The number of hydrogen-bond donors (Lipinski definition) is 5. The van der Waals surface area contributed by atoms with Crippen LogP contribution in [0.2, 0.25) is 5.28 Å². The number of rotatable bonds is 41. The van der Waals surface area contributed by atoms with Gasteiger partial charge in [0.15, 0.2) is 40.3 Å². The summed E-state index contributed by atoms with van der Waals surface area (Å²) in [5.74, 6) is -5.57. The monoisotopic (exact) mass is 1130 g/mol. The van der Waals surface area contributed by atoms with Crippen LogP contribution in [0, 0.1) is 17.5 Å². The van der Waals surface area contributed by atoms with Crippen LogP contribution in [0.4, 0.5) is 19.0 Å². The molecule has 0 aliphatic carbocycles. The number of amides is 1. The van der Waals surface area contributed by atoms with Crippen LogP contribution in [0.15, 0.2) is 24.5 Å². The third-order valence-corrected chi connectivity index (χ3v) is 13.0. The van der Waals surface area contributed by atoms with Gasteiger partial charge >= 0.3 is 5.97 Å². The Balaban J connectivity index is 0.776. The van der Waals surface area contributed by atoms with E-state index in [4.69, 9.17) is 68.5 Å². The van der Waals surface area contributed by atoms with E-state index >= 15 is 0 Å². The fourth-order valence-electron chi connectivity index (χ4n) is 6.79. The summed E-state index contributed by atoms with van der Waals surface area (Å²) in [5.41, 5.74) is 1.12. The van der Waals surface area contributed by atoms with Gasteiger partial charge in [-0.05, 0) is 30.9 Å². The molecule has 1 aliphatic rings. The highest BCUT2D eigenvalue weighted by molar-refractivity contribution is 7.63. The van der Waals surface area contributed by atoms with Crippen molar-refractivity contribution in [3.05, 3.63) is 53.0 Å². The Hall–Kier alpha value is -3.93. The van der Waals surface area contributed by atoms with E-state index in [0.29, 0.717) is 146 Å². The minimum absolute atomic E-state index is 0.00328. The van der Waals surface area contributed by atoms with Crippen LogP contribution in [0.25, 0.3) is 11.0 Å². The van der Waals surface area contributed by atoms with E-state index in [1.54, 1.807) is 21.8 Å². The third-order valence-electron chi connectivity index (χ3n) is 10.4. The number of nitrogens with one attached hydrogen (secondary N) is 2. The normalized spacial score (nSPS) is 15.5. The summed E-state index contributed by atoms with van der Waals surface area (Å²) in [4.78, 5) is 61.3. The summed E-state index contributed by atoms with van der Waals surface area (Å²) in [7, 11) is -4.20. The number of esters is 1. The van der Waals surface area contributed by atoms with Crippen molar-refractivity contribution in [2.24, 2.45) is 0 Å². The van der Waals surface area contributed by atoms with Crippen LogP contribution in [0.1, 0.15) is 50.9 Å². The summed E-state index contributed by atoms with van der Waals surface area (Å²) in [6.45, 7) is 7.82. The number of hydrogen-bond acceptors (Lipinski definition) is 22. The number of halogens is 4. The highest BCUT2D eigenvalue weighted by Gasteiger charge is 2.31. The largest absolute Gasteiger partial charge is 0.420 e. The Morgan fingerprint density at radius 1 is 0.840 bits per heavy atom. The molecular formula is C44H65ClF3N9O16P2. The minimum Gasteiger partial charge on any atom is -0.420 e. The summed E-state index contributed by atoms with van der Waals surface area (Å²) in [5, 5.41) is 19.4. The summed E-state index contributed by atoms with van der Waals surface area (Å²) in [6, 6.07) is 0.571. The average molecular weight is 1130 g/mol. The predicted molar refractivity (Wildman–Crippen MR) is 262 cm³/mol. The van der Waals surface area contributed by atoms with E-state index in [-0.39, 0.29) is 75.1 Å². The van der Waals surface area contributed by atoms with E-state index in [2.05, 4.69) is 40.7 Å². The van der Waals surface area contributed by atoms with Crippen molar-refractivity contribution in [2.75, 3.05) is 123 Å². The molecule has 420 valence electrons. The number of benzene rings is 1. The second-order valence-electron chi connectivity index (χ2n) is 16.2. The first-order valence-corrected chi connectivity index (χ1v) is 27.3. The molecular weight excluding hydrogens is 1060 g/mol. The van der Waals surface area contributed by atoms with Gasteiger partial charge in [-0.1, -0.05) is 12.1 Å². The van der Waals surface area contributed by atoms with E-state index in [0.717, 1.165) is 0 Å². The molecule has 4 unspecified atom stereocenters. The van der Waals surface area contributed by atoms with Crippen molar-refractivity contribution >= 4 is 57.1 Å². The van der Waals surface area contributed by atoms with E-state index in [1.807, 2.05) is 6.92 Å². The van der Waals surface area contributed by atoms with Gasteiger partial charge in [-0.2, -0.15) is 15.1 Å². The lowest BCUT2D eigenvalue weighted by atomic mass is 10.1. The molecule has 4 atom stereocenters. The molecule has 4 heterocycles. The molecule has 3 aromatic heterocycles. The Morgan fingerprint density at radius 2 is 1.45 bits per heavy atom. The molecule has 1 fully saturated rings. The number of aromatic nitrogens is 7. The molecule has 5 rings (SSSR count). The van der Waals surface area contributed by atoms with Crippen LogP contribution < -0.4 is 15.4 Å². The number of carbonyl (C=O) groups excluding carboxylic acids is 2. The predicted octanol–water partition coefficient (Wildman–Crippen LogP) is 3.77. The molecule has 1 aromatic carbocycles. The van der Waals surface area contributed by atoms with Crippen molar-refractivity contribution in [3.8, 4) is 5.75 Å². The fraction of sp³-hybridized carbons (Fsp3) is 0.659. The van der Waals surface area contributed by atoms with Crippen molar-refractivity contribution in [1.29, 1.82) is 0 Å². The van der Waals surface area contributed by atoms with Crippen LogP contribution in [0.5, 0.6) is 5.75 Å². The molecule has 25 nitrogen and oxygen atoms in total. The molecule has 0 bridgehead atoms. The molecule has 1 amide bonds. The van der Waals surface area contributed by atoms with Gasteiger partial charge in [-0.3, -0.25) is 9.59 Å². The Morgan fingerprint density at radius 3 is 2.09 bits per heavy atom. The molecule has 75 heavy (non-hydrogen) atoms. The minimum atomic E-state index is -2.25. The second kappa shape index (κ2) is 35.5. The summed E-state index contributed by atoms with van der Waals surface area (Å²) < 4.78 is 103. The fourth-order valence-corrected chi connectivity index (χ4v) is 8.49. The lowest BCUT2D eigenvalue weighted by Gasteiger charge is -2.18. The Kier molecular flexibility index (Phi) is 29.3. The molecule has 0 radical (unpaired) electrons. The van der Waals surface area contributed by atoms with Crippen molar-refractivity contribution in [3.63, 3.8) is 0 Å². The molecule has 0 spiro atoms. The first kappa shape index (κ1) is 61.9. The van der Waals surface area contributed by atoms with Gasteiger partial charge in [0.2, 0.25) is 16.9 Å². The number of carbonyl (C=O) groups is 2. The third kappa shape index (κ3) is 24.1. The number of ether oxygens (including phenoxy) is 10. The van der Waals surface area contributed by atoms with Crippen LogP contribution in [-0.4, -0.2) is 192 Å². The van der Waals surface area contributed by atoms with Crippen LogP contribution in [0.3, 0.4) is 0 Å². The highest BCUT2D eigenvalue weighted by atomic mass is 35.5. The quantitative estimate of drug-likeness (QED) is 0.0139. The first-order valence-electron chi connectivity index (χ1n) is 24.1. The van der Waals surface area contributed by atoms with Gasteiger partial charge in [0.05, 0.1) is 155 Å². The SMILES string of the molecule is CCC(CC(=O)NCCOCCOCCOCCOCc1cn(CCOCCOCCOCCOCCC(=O)Oc2c(F)cc(F)cc2F)nn1)Nc1nc(Cl)nc2c1cnn2C1CCC(COP(O)CP(O)O)O1. The molecule has 4 aromatic rings. The number of fused-ring (bicyclic) bond motifs is 1. The van der Waals surface area contributed by atoms with Gasteiger partial charge < -0.3 is 77.2 Å². The topological polar surface area (TPSA) is 295 Å². The molecule has 0 saturated carbocycles. The molecule has 1 aliphatic heterocycles. The van der Waals surface area contributed by atoms with E-state index < -0.39 is 52.1 Å². The van der Waals surface area contributed by atoms with Crippen LogP contribution >= 0.6 is 28.4 Å². The highest BCUT2D eigenvalue weighted by Crippen LogP contribution is 2.44.